The number of nitrogens with zero attached hydrogens (tertiary/aromatic N) is 2. The minimum absolute atomic E-state index is 0.0705. The van der Waals surface area contributed by atoms with E-state index < -0.39 is 0 Å². The Morgan fingerprint density at radius 1 is 1.33 bits per heavy atom. The van der Waals surface area contributed by atoms with E-state index in [9.17, 15) is 0 Å². The van der Waals surface area contributed by atoms with E-state index in [1.54, 1.807) is 0 Å². The Hall–Kier alpha value is -0.660. The molecule has 0 radical (unpaired) electrons. The van der Waals surface area contributed by atoms with Crippen molar-refractivity contribution in [1.29, 1.82) is 0 Å². The van der Waals surface area contributed by atoms with Crippen LogP contribution < -0.4 is 0 Å². The molecule has 0 rings (SSSR count). The Bertz CT molecular complexity index is 128. The number of hydrogen-bond donors (Lipinski definition) is 0. The van der Waals surface area contributed by atoms with Gasteiger partial charge in [-0.05, 0) is 27.7 Å². The molecule has 0 aromatic heterocycles. The third-order valence-corrected chi connectivity index (χ3v) is 0.521. The van der Waals surface area contributed by atoms with E-state index in [0.29, 0.717) is 0 Å². The van der Waals surface area contributed by atoms with Crippen molar-refractivity contribution in [2.24, 2.45) is 10.2 Å². The maximum absolute atomic E-state index is 3.98. The first-order chi connectivity index (χ1) is 3.92. The predicted molar refractivity (Wildman–Crippen MR) is 39.4 cm³/mol. The van der Waals surface area contributed by atoms with Gasteiger partial charge in [-0.2, -0.15) is 10.2 Å². The van der Waals surface area contributed by atoms with Gasteiger partial charge in [0.25, 0.3) is 0 Å². The Kier molecular flexibility index (Phi) is 2.56. The molecule has 0 amide bonds. The molecule has 0 spiro atoms. The third-order valence-electron chi connectivity index (χ3n) is 0.521. The van der Waals surface area contributed by atoms with Crippen LogP contribution in [0.5, 0.6) is 0 Å². The molecule has 52 valence electrons. The van der Waals surface area contributed by atoms with Crippen molar-refractivity contribution in [3.8, 4) is 0 Å². The molecule has 0 unspecified atom stereocenters. The lowest BCUT2D eigenvalue weighted by molar-refractivity contribution is 0.548. The van der Waals surface area contributed by atoms with E-state index in [1.165, 1.54) is 0 Å². The van der Waals surface area contributed by atoms with Crippen LogP contribution in [0.15, 0.2) is 22.5 Å². The Morgan fingerprint density at radius 3 is 1.89 bits per heavy atom. The van der Waals surface area contributed by atoms with Gasteiger partial charge in [-0.1, -0.05) is 6.58 Å². The second-order valence-electron chi connectivity index (χ2n) is 3.11. The molecule has 2 heteroatoms. The van der Waals surface area contributed by atoms with Crippen LogP contribution in [0.3, 0.4) is 0 Å². The summed E-state index contributed by atoms with van der Waals surface area (Å²) in [5.41, 5.74) is 0.684. The second-order valence-corrected chi connectivity index (χ2v) is 3.11. The summed E-state index contributed by atoms with van der Waals surface area (Å²) in [5.74, 6) is 0. The van der Waals surface area contributed by atoms with Crippen LogP contribution >= 0.6 is 0 Å². The Morgan fingerprint density at radius 2 is 1.78 bits per heavy atom. The molecule has 2 nitrogen and oxygen atoms in total. The Balaban J connectivity index is 3.86. The highest BCUT2D eigenvalue weighted by molar-refractivity contribution is 4.83. The van der Waals surface area contributed by atoms with Crippen LogP contribution in [-0.4, -0.2) is 5.54 Å². The third kappa shape index (κ3) is 7.34. The standard InChI is InChI=1S/C7H14N2/c1-6(2)8-9-7(3,4)5/h1H2,2-5H3. The summed E-state index contributed by atoms with van der Waals surface area (Å²) in [4.78, 5) is 0. The zero-order valence-electron chi connectivity index (χ0n) is 6.60. The molecule has 0 saturated carbocycles. The number of allylic oxidation sites excluding steroid dienone is 1. The number of hydrogen-bond acceptors (Lipinski definition) is 2. The molecule has 0 saturated heterocycles. The minimum Gasteiger partial charge on any atom is -0.183 e. The zero-order chi connectivity index (χ0) is 7.49. The number of rotatable bonds is 1. The van der Waals surface area contributed by atoms with Gasteiger partial charge in [-0.15, -0.1) is 0 Å². The Labute approximate surface area is 56.7 Å². The quantitative estimate of drug-likeness (QED) is 0.483. The summed E-state index contributed by atoms with van der Waals surface area (Å²) in [6.45, 7) is 11.4. The van der Waals surface area contributed by atoms with Crippen LogP contribution in [0.4, 0.5) is 0 Å². The van der Waals surface area contributed by atoms with Crippen molar-refractivity contribution in [3.63, 3.8) is 0 Å². The van der Waals surface area contributed by atoms with Gasteiger partial charge in [0, 0.05) is 0 Å². The van der Waals surface area contributed by atoms with Crippen molar-refractivity contribution >= 4 is 0 Å². The number of azo groups is 1. The zero-order valence-corrected chi connectivity index (χ0v) is 6.60. The van der Waals surface area contributed by atoms with Gasteiger partial charge in [0.05, 0.1) is 11.2 Å². The van der Waals surface area contributed by atoms with Crippen LogP contribution in [-0.2, 0) is 0 Å². The van der Waals surface area contributed by atoms with Crippen molar-refractivity contribution in [2.75, 3.05) is 0 Å². The van der Waals surface area contributed by atoms with E-state index in [0.717, 1.165) is 5.70 Å². The monoisotopic (exact) mass is 126 g/mol. The van der Waals surface area contributed by atoms with Crippen molar-refractivity contribution < 1.29 is 0 Å². The largest absolute Gasteiger partial charge is 0.183 e. The molecule has 0 heterocycles. The summed E-state index contributed by atoms with van der Waals surface area (Å²) in [6, 6.07) is 0. The van der Waals surface area contributed by atoms with E-state index >= 15 is 0 Å². The van der Waals surface area contributed by atoms with Crippen molar-refractivity contribution in [2.45, 2.75) is 33.2 Å². The lowest BCUT2D eigenvalue weighted by Gasteiger charge is -2.07. The summed E-state index contributed by atoms with van der Waals surface area (Å²) in [5, 5.41) is 7.81. The fourth-order valence-corrected chi connectivity index (χ4v) is 0.235. The summed E-state index contributed by atoms with van der Waals surface area (Å²) < 4.78 is 0. The summed E-state index contributed by atoms with van der Waals surface area (Å²) >= 11 is 0. The highest BCUT2D eigenvalue weighted by Gasteiger charge is 2.05. The molecule has 0 aliphatic rings. The van der Waals surface area contributed by atoms with E-state index in [-0.39, 0.29) is 5.54 Å². The molecule has 0 fully saturated rings. The SMILES string of the molecule is C=C(C)N=NC(C)(C)C. The highest BCUT2D eigenvalue weighted by Crippen LogP contribution is 2.08. The molecule has 0 aromatic rings. The topological polar surface area (TPSA) is 24.7 Å². The normalized spacial score (nSPS) is 12.4. The molecule has 0 aromatic carbocycles. The molecule has 0 aliphatic heterocycles. The molecule has 0 aliphatic carbocycles. The van der Waals surface area contributed by atoms with Crippen molar-refractivity contribution in [3.05, 3.63) is 12.3 Å². The minimum atomic E-state index is -0.0705. The molecular weight excluding hydrogens is 112 g/mol. The van der Waals surface area contributed by atoms with Gasteiger partial charge in [0.15, 0.2) is 0 Å². The summed E-state index contributed by atoms with van der Waals surface area (Å²) in [7, 11) is 0. The lowest BCUT2D eigenvalue weighted by atomic mass is 10.1. The fraction of sp³-hybridized carbons (Fsp3) is 0.714. The van der Waals surface area contributed by atoms with Gasteiger partial charge in [0.1, 0.15) is 0 Å². The molecule has 0 atom stereocenters. The van der Waals surface area contributed by atoms with Gasteiger partial charge in [-0.25, -0.2) is 0 Å². The van der Waals surface area contributed by atoms with E-state index in [1.807, 2.05) is 27.7 Å². The van der Waals surface area contributed by atoms with Crippen LogP contribution in [0.1, 0.15) is 27.7 Å². The van der Waals surface area contributed by atoms with Gasteiger partial charge in [0.2, 0.25) is 0 Å². The van der Waals surface area contributed by atoms with Crippen molar-refractivity contribution in [1.82, 2.24) is 0 Å². The van der Waals surface area contributed by atoms with Gasteiger partial charge in [-0.3, -0.25) is 0 Å². The maximum atomic E-state index is 3.98. The van der Waals surface area contributed by atoms with Gasteiger partial charge >= 0.3 is 0 Å². The molecule has 0 N–H and O–H groups in total. The van der Waals surface area contributed by atoms with Gasteiger partial charge < -0.3 is 0 Å². The first kappa shape index (κ1) is 8.34. The highest BCUT2D eigenvalue weighted by atomic mass is 15.1. The first-order valence-corrected chi connectivity index (χ1v) is 3.00. The van der Waals surface area contributed by atoms with E-state index in [2.05, 4.69) is 16.8 Å². The lowest BCUT2D eigenvalue weighted by Crippen LogP contribution is -2.07. The first-order valence-electron chi connectivity index (χ1n) is 3.00. The fourth-order valence-electron chi connectivity index (χ4n) is 0.235. The second kappa shape index (κ2) is 2.76. The van der Waals surface area contributed by atoms with Crippen LogP contribution in [0.25, 0.3) is 0 Å². The van der Waals surface area contributed by atoms with E-state index in [4.69, 9.17) is 0 Å². The molecule has 9 heavy (non-hydrogen) atoms. The smallest absolute Gasteiger partial charge is 0.0736 e. The average molecular weight is 126 g/mol. The molecule has 0 bridgehead atoms. The molecular formula is C7H14N2. The maximum Gasteiger partial charge on any atom is 0.0736 e. The van der Waals surface area contributed by atoms with Crippen LogP contribution in [0.2, 0.25) is 0 Å². The predicted octanol–water partition coefficient (Wildman–Crippen LogP) is 2.77. The van der Waals surface area contributed by atoms with Crippen LogP contribution in [0, 0.1) is 0 Å². The average Bonchev–Trinajstić information content (AvgIpc) is 1.59. The summed E-state index contributed by atoms with van der Waals surface area (Å²) in [6.07, 6.45) is 0.